The van der Waals surface area contributed by atoms with Gasteiger partial charge in [0, 0.05) is 11.9 Å². The lowest BCUT2D eigenvalue weighted by atomic mass is 10.1. The summed E-state index contributed by atoms with van der Waals surface area (Å²) in [6, 6.07) is 12.0. The van der Waals surface area contributed by atoms with E-state index in [0.717, 1.165) is 33.5 Å². The summed E-state index contributed by atoms with van der Waals surface area (Å²) >= 11 is 0. The number of aromatic nitrogens is 2. The zero-order chi connectivity index (χ0) is 17.9. The number of nitrogens with zero attached hydrogens (tertiary/aromatic N) is 2. The number of aliphatic hydroxyl groups is 1. The zero-order valence-electron chi connectivity index (χ0n) is 14.4. The fourth-order valence-corrected chi connectivity index (χ4v) is 2.79. The lowest BCUT2D eigenvalue weighted by Gasteiger charge is -2.12. The fourth-order valence-electron chi connectivity index (χ4n) is 2.79. The minimum absolute atomic E-state index is 0.0880. The Bertz CT molecular complexity index is 945. The molecule has 7 nitrogen and oxygen atoms in total. The number of anilines is 1. The van der Waals surface area contributed by atoms with Crippen molar-refractivity contribution in [2.45, 2.75) is 13.5 Å². The van der Waals surface area contributed by atoms with Crippen molar-refractivity contribution in [2.24, 2.45) is 0 Å². The van der Waals surface area contributed by atoms with Gasteiger partial charge >= 0.3 is 6.01 Å². The van der Waals surface area contributed by atoms with Gasteiger partial charge in [0.05, 0.1) is 12.1 Å². The van der Waals surface area contributed by atoms with Crippen molar-refractivity contribution in [1.29, 1.82) is 0 Å². The molecule has 0 aliphatic carbocycles. The number of rotatable bonds is 6. The summed E-state index contributed by atoms with van der Waals surface area (Å²) in [4.78, 5) is 8.85. The van der Waals surface area contributed by atoms with Crippen LogP contribution in [0.5, 0.6) is 17.5 Å². The third-order valence-electron chi connectivity index (χ3n) is 4.05. The summed E-state index contributed by atoms with van der Waals surface area (Å²) in [5.41, 5.74) is 2.95. The summed E-state index contributed by atoms with van der Waals surface area (Å²) in [6.45, 7) is 2.91. The molecular formula is C19H19N3O4. The first-order chi connectivity index (χ1) is 12.7. The predicted octanol–water partition coefficient (Wildman–Crippen LogP) is 2.65. The maximum absolute atomic E-state index is 8.96. The molecule has 1 aliphatic heterocycles. The highest BCUT2D eigenvalue weighted by molar-refractivity contribution is 5.89. The molecule has 7 heteroatoms. The van der Waals surface area contributed by atoms with Crippen molar-refractivity contribution in [1.82, 2.24) is 9.97 Å². The molecule has 2 aromatic carbocycles. The molecule has 134 valence electrons. The first kappa shape index (κ1) is 16.4. The normalized spacial score (nSPS) is 12.4. The number of hydrogen-bond donors (Lipinski definition) is 2. The summed E-state index contributed by atoms with van der Waals surface area (Å²) in [7, 11) is 0. The van der Waals surface area contributed by atoms with Gasteiger partial charge < -0.3 is 24.6 Å². The van der Waals surface area contributed by atoms with E-state index in [1.165, 1.54) is 0 Å². The van der Waals surface area contributed by atoms with Crippen molar-refractivity contribution in [2.75, 3.05) is 25.3 Å². The van der Waals surface area contributed by atoms with Gasteiger partial charge in [0.1, 0.15) is 12.4 Å². The Morgan fingerprint density at radius 2 is 2.00 bits per heavy atom. The Kier molecular flexibility index (Phi) is 4.45. The van der Waals surface area contributed by atoms with Gasteiger partial charge in [0.2, 0.25) is 6.79 Å². The topological polar surface area (TPSA) is 85.7 Å². The Labute approximate surface area is 150 Å². The highest BCUT2D eigenvalue weighted by atomic mass is 16.7. The van der Waals surface area contributed by atoms with E-state index >= 15 is 0 Å². The average molecular weight is 353 g/mol. The first-order valence-electron chi connectivity index (χ1n) is 8.37. The standard InChI is InChI=1S/C19H19N3O4/c1-12-2-4-15-14(8-12)18(22-19(21-15)24-7-6-23)20-10-13-3-5-16-17(9-13)26-11-25-16/h2-5,8-9,23H,6-7,10-11H2,1H3,(H,20,21,22). The second-order valence-electron chi connectivity index (χ2n) is 5.99. The smallest absolute Gasteiger partial charge is 0.319 e. The minimum Gasteiger partial charge on any atom is -0.461 e. The number of fused-ring (bicyclic) bond motifs is 2. The van der Waals surface area contributed by atoms with E-state index in [-0.39, 0.29) is 26.0 Å². The number of aryl methyl sites for hydroxylation is 1. The fraction of sp³-hybridized carbons (Fsp3) is 0.263. The van der Waals surface area contributed by atoms with Crippen LogP contribution in [-0.2, 0) is 6.54 Å². The van der Waals surface area contributed by atoms with Gasteiger partial charge in [-0.2, -0.15) is 9.97 Å². The summed E-state index contributed by atoms with van der Waals surface area (Å²) in [5, 5.41) is 13.2. The van der Waals surface area contributed by atoms with Crippen molar-refractivity contribution in [3.05, 3.63) is 47.5 Å². The van der Waals surface area contributed by atoms with E-state index in [1.807, 2.05) is 43.3 Å². The van der Waals surface area contributed by atoms with E-state index in [2.05, 4.69) is 15.3 Å². The lowest BCUT2D eigenvalue weighted by Crippen LogP contribution is -2.08. The molecule has 0 spiro atoms. The molecule has 0 saturated heterocycles. The molecular weight excluding hydrogens is 334 g/mol. The van der Waals surface area contributed by atoms with Crippen LogP contribution in [0.15, 0.2) is 36.4 Å². The van der Waals surface area contributed by atoms with Crippen LogP contribution in [0.25, 0.3) is 10.9 Å². The van der Waals surface area contributed by atoms with Crippen LogP contribution in [-0.4, -0.2) is 35.1 Å². The Morgan fingerprint density at radius 3 is 2.88 bits per heavy atom. The number of nitrogens with one attached hydrogen (secondary N) is 1. The number of ether oxygens (including phenoxy) is 3. The van der Waals surface area contributed by atoms with E-state index < -0.39 is 0 Å². The van der Waals surface area contributed by atoms with Gasteiger partial charge in [0.15, 0.2) is 11.5 Å². The van der Waals surface area contributed by atoms with Gasteiger partial charge in [-0.15, -0.1) is 0 Å². The monoisotopic (exact) mass is 353 g/mol. The molecule has 0 radical (unpaired) electrons. The number of aliphatic hydroxyl groups excluding tert-OH is 1. The van der Waals surface area contributed by atoms with Crippen molar-refractivity contribution in [3.63, 3.8) is 0 Å². The quantitative estimate of drug-likeness (QED) is 0.704. The molecule has 0 amide bonds. The summed E-state index contributed by atoms with van der Waals surface area (Å²) in [6.07, 6.45) is 0. The number of hydrogen-bond acceptors (Lipinski definition) is 7. The van der Waals surface area contributed by atoms with Crippen LogP contribution >= 0.6 is 0 Å². The summed E-state index contributed by atoms with van der Waals surface area (Å²) < 4.78 is 16.2. The average Bonchev–Trinajstić information content (AvgIpc) is 3.12. The van der Waals surface area contributed by atoms with E-state index in [4.69, 9.17) is 19.3 Å². The van der Waals surface area contributed by atoms with Gasteiger partial charge in [0.25, 0.3) is 0 Å². The second kappa shape index (κ2) is 7.05. The first-order valence-corrected chi connectivity index (χ1v) is 8.37. The molecule has 0 atom stereocenters. The molecule has 1 aliphatic rings. The SMILES string of the molecule is Cc1ccc2nc(OCCO)nc(NCc3ccc4c(c3)OCO4)c2c1. The third kappa shape index (κ3) is 3.34. The molecule has 2 N–H and O–H groups in total. The van der Waals surface area contributed by atoms with Crippen LogP contribution in [0.2, 0.25) is 0 Å². The van der Waals surface area contributed by atoms with Crippen molar-refractivity contribution >= 4 is 16.7 Å². The van der Waals surface area contributed by atoms with Crippen LogP contribution in [0, 0.1) is 6.92 Å². The third-order valence-corrected chi connectivity index (χ3v) is 4.05. The summed E-state index contributed by atoms with van der Waals surface area (Å²) in [5.74, 6) is 2.19. The molecule has 0 bridgehead atoms. The molecule has 26 heavy (non-hydrogen) atoms. The van der Waals surface area contributed by atoms with Crippen LogP contribution in [0.3, 0.4) is 0 Å². The highest BCUT2D eigenvalue weighted by Crippen LogP contribution is 2.33. The van der Waals surface area contributed by atoms with E-state index in [9.17, 15) is 0 Å². The molecule has 3 aromatic rings. The molecule has 4 rings (SSSR count). The zero-order valence-corrected chi connectivity index (χ0v) is 14.4. The Balaban J connectivity index is 1.62. The second-order valence-corrected chi connectivity index (χ2v) is 5.99. The Hall–Kier alpha value is -3.06. The van der Waals surface area contributed by atoms with Crippen LogP contribution in [0.1, 0.15) is 11.1 Å². The lowest BCUT2D eigenvalue weighted by molar-refractivity contribution is 0.174. The highest BCUT2D eigenvalue weighted by Gasteiger charge is 2.14. The van der Waals surface area contributed by atoms with E-state index in [0.29, 0.717) is 12.4 Å². The largest absolute Gasteiger partial charge is 0.461 e. The predicted molar refractivity (Wildman–Crippen MR) is 96.7 cm³/mol. The molecule has 0 saturated carbocycles. The minimum atomic E-state index is -0.0880. The van der Waals surface area contributed by atoms with Gasteiger partial charge in [-0.25, -0.2) is 0 Å². The maximum atomic E-state index is 8.96. The Morgan fingerprint density at radius 1 is 1.12 bits per heavy atom. The van der Waals surface area contributed by atoms with Gasteiger partial charge in [-0.1, -0.05) is 17.7 Å². The molecule has 0 unspecified atom stereocenters. The van der Waals surface area contributed by atoms with Gasteiger partial charge in [-0.05, 0) is 36.8 Å². The molecule has 1 aromatic heterocycles. The van der Waals surface area contributed by atoms with Gasteiger partial charge in [-0.3, -0.25) is 0 Å². The molecule has 2 heterocycles. The van der Waals surface area contributed by atoms with Crippen LogP contribution in [0.4, 0.5) is 5.82 Å². The van der Waals surface area contributed by atoms with E-state index in [1.54, 1.807) is 0 Å². The van der Waals surface area contributed by atoms with Crippen LogP contribution < -0.4 is 19.5 Å². The van der Waals surface area contributed by atoms with Crippen molar-refractivity contribution in [3.8, 4) is 17.5 Å². The maximum Gasteiger partial charge on any atom is 0.319 e. The van der Waals surface area contributed by atoms with Crippen molar-refractivity contribution < 1.29 is 19.3 Å². The number of benzene rings is 2. The molecule has 0 fully saturated rings.